The first-order chi connectivity index (χ1) is 7.37. The standard InChI is InChI=1S/C12H27N3O/c1-12(2,3)13-9-11(16)10-15-7-5-14(4)6-8-15/h11,13,16H,5-10H2,1-4H3. The minimum atomic E-state index is -0.261. The first-order valence-corrected chi connectivity index (χ1v) is 6.21. The van der Waals surface area contributed by atoms with Crippen LogP contribution in [0.1, 0.15) is 20.8 Å². The van der Waals surface area contributed by atoms with Crippen LogP contribution < -0.4 is 5.32 Å². The van der Waals surface area contributed by atoms with E-state index in [2.05, 4.69) is 42.9 Å². The van der Waals surface area contributed by atoms with Crippen LogP contribution in [0.3, 0.4) is 0 Å². The van der Waals surface area contributed by atoms with E-state index in [0.29, 0.717) is 6.54 Å². The lowest BCUT2D eigenvalue weighted by atomic mass is 10.1. The number of β-amino-alcohol motifs (C(OH)–C–C–N with tert-alkyl or cyclic N) is 1. The normalized spacial score (nSPS) is 22.3. The van der Waals surface area contributed by atoms with Gasteiger partial charge in [0, 0.05) is 44.8 Å². The van der Waals surface area contributed by atoms with Gasteiger partial charge in [-0.15, -0.1) is 0 Å². The predicted octanol–water partition coefficient (Wildman–Crippen LogP) is -0.0172. The Morgan fingerprint density at radius 3 is 2.25 bits per heavy atom. The van der Waals surface area contributed by atoms with Gasteiger partial charge in [-0.25, -0.2) is 0 Å². The first-order valence-electron chi connectivity index (χ1n) is 6.21. The van der Waals surface area contributed by atoms with Crippen molar-refractivity contribution in [3.63, 3.8) is 0 Å². The fraction of sp³-hybridized carbons (Fsp3) is 1.00. The van der Waals surface area contributed by atoms with Gasteiger partial charge in [0.05, 0.1) is 6.10 Å². The van der Waals surface area contributed by atoms with Gasteiger partial charge in [-0.2, -0.15) is 0 Å². The van der Waals surface area contributed by atoms with Crippen LogP contribution in [0.2, 0.25) is 0 Å². The molecule has 1 aliphatic rings. The Morgan fingerprint density at radius 2 is 1.75 bits per heavy atom. The van der Waals surface area contributed by atoms with E-state index >= 15 is 0 Å². The topological polar surface area (TPSA) is 38.7 Å². The van der Waals surface area contributed by atoms with Gasteiger partial charge in [0.1, 0.15) is 0 Å². The van der Waals surface area contributed by atoms with Crippen molar-refractivity contribution >= 4 is 0 Å². The molecule has 16 heavy (non-hydrogen) atoms. The molecule has 0 amide bonds. The van der Waals surface area contributed by atoms with Crippen LogP contribution in [-0.4, -0.2) is 72.9 Å². The molecule has 1 unspecified atom stereocenters. The van der Waals surface area contributed by atoms with Crippen molar-refractivity contribution in [2.45, 2.75) is 32.4 Å². The van der Waals surface area contributed by atoms with Crippen LogP contribution in [0.25, 0.3) is 0 Å². The lowest BCUT2D eigenvalue weighted by Gasteiger charge is -2.34. The van der Waals surface area contributed by atoms with E-state index in [0.717, 1.165) is 32.7 Å². The van der Waals surface area contributed by atoms with Gasteiger partial charge >= 0.3 is 0 Å². The number of aliphatic hydroxyl groups is 1. The van der Waals surface area contributed by atoms with E-state index in [1.165, 1.54) is 0 Å². The fourth-order valence-electron chi connectivity index (χ4n) is 1.82. The fourth-order valence-corrected chi connectivity index (χ4v) is 1.82. The van der Waals surface area contributed by atoms with Crippen LogP contribution in [-0.2, 0) is 0 Å². The Hall–Kier alpha value is -0.160. The summed E-state index contributed by atoms with van der Waals surface area (Å²) in [5.41, 5.74) is 0.0864. The third-order valence-corrected chi connectivity index (χ3v) is 2.93. The van der Waals surface area contributed by atoms with Crippen molar-refractivity contribution in [1.82, 2.24) is 15.1 Å². The number of hydrogen-bond donors (Lipinski definition) is 2. The summed E-state index contributed by atoms with van der Waals surface area (Å²) in [7, 11) is 2.15. The highest BCUT2D eigenvalue weighted by Crippen LogP contribution is 2.02. The second-order valence-corrected chi connectivity index (χ2v) is 5.89. The van der Waals surface area contributed by atoms with Gasteiger partial charge < -0.3 is 15.3 Å². The molecule has 0 saturated carbocycles. The van der Waals surface area contributed by atoms with Crippen molar-refractivity contribution in [1.29, 1.82) is 0 Å². The molecule has 0 aromatic carbocycles. The summed E-state index contributed by atoms with van der Waals surface area (Å²) in [6.45, 7) is 12.2. The number of rotatable bonds is 4. The summed E-state index contributed by atoms with van der Waals surface area (Å²) in [5.74, 6) is 0. The number of piperazine rings is 1. The number of nitrogens with zero attached hydrogens (tertiary/aromatic N) is 2. The third-order valence-electron chi connectivity index (χ3n) is 2.93. The van der Waals surface area contributed by atoms with Crippen molar-refractivity contribution in [2.75, 3.05) is 46.3 Å². The Bertz CT molecular complexity index is 195. The third kappa shape index (κ3) is 5.80. The molecule has 1 rings (SSSR count). The molecule has 4 nitrogen and oxygen atoms in total. The maximum Gasteiger partial charge on any atom is 0.0791 e. The summed E-state index contributed by atoms with van der Waals surface area (Å²) < 4.78 is 0. The lowest BCUT2D eigenvalue weighted by Crippen LogP contribution is -2.50. The van der Waals surface area contributed by atoms with E-state index in [9.17, 15) is 5.11 Å². The summed E-state index contributed by atoms with van der Waals surface area (Å²) in [5, 5.41) is 13.2. The lowest BCUT2D eigenvalue weighted by molar-refractivity contribution is 0.0766. The van der Waals surface area contributed by atoms with Gasteiger partial charge in [0.25, 0.3) is 0 Å². The molecule has 1 atom stereocenters. The largest absolute Gasteiger partial charge is 0.390 e. The Kier molecular flexibility index (Phi) is 5.18. The van der Waals surface area contributed by atoms with Crippen molar-refractivity contribution in [3.8, 4) is 0 Å². The Morgan fingerprint density at radius 1 is 1.19 bits per heavy atom. The average Bonchev–Trinajstić information content (AvgIpc) is 2.18. The van der Waals surface area contributed by atoms with Gasteiger partial charge in [0.2, 0.25) is 0 Å². The van der Waals surface area contributed by atoms with Crippen molar-refractivity contribution in [3.05, 3.63) is 0 Å². The highest BCUT2D eigenvalue weighted by molar-refractivity contribution is 4.76. The Labute approximate surface area is 99.6 Å². The van der Waals surface area contributed by atoms with E-state index in [4.69, 9.17) is 0 Å². The van der Waals surface area contributed by atoms with Crippen LogP contribution in [0.15, 0.2) is 0 Å². The van der Waals surface area contributed by atoms with Crippen molar-refractivity contribution < 1.29 is 5.11 Å². The Balaban J connectivity index is 2.16. The summed E-state index contributed by atoms with van der Waals surface area (Å²) >= 11 is 0. The molecular formula is C12H27N3O. The molecule has 0 aromatic heterocycles. The highest BCUT2D eigenvalue weighted by atomic mass is 16.3. The maximum atomic E-state index is 9.91. The second kappa shape index (κ2) is 5.96. The van der Waals surface area contributed by atoms with E-state index < -0.39 is 0 Å². The van der Waals surface area contributed by atoms with Gasteiger partial charge in [0.15, 0.2) is 0 Å². The number of aliphatic hydroxyl groups excluding tert-OH is 1. The number of likely N-dealkylation sites (N-methyl/N-ethyl adjacent to an activating group) is 1. The molecule has 0 aliphatic carbocycles. The van der Waals surface area contributed by atoms with Crippen LogP contribution in [0, 0.1) is 0 Å². The van der Waals surface area contributed by atoms with Crippen LogP contribution >= 0.6 is 0 Å². The number of hydrogen-bond acceptors (Lipinski definition) is 4. The molecule has 2 N–H and O–H groups in total. The molecule has 1 fully saturated rings. The highest BCUT2D eigenvalue weighted by Gasteiger charge is 2.18. The number of nitrogens with one attached hydrogen (secondary N) is 1. The van der Waals surface area contributed by atoms with E-state index in [1.54, 1.807) is 0 Å². The monoisotopic (exact) mass is 229 g/mol. The summed E-state index contributed by atoms with van der Waals surface area (Å²) in [4.78, 5) is 4.67. The van der Waals surface area contributed by atoms with E-state index in [1.807, 2.05) is 0 Å². The molecule has 0 aromatic rings. The van der Waals surface area contributed by atoms with Gasteiger partial charge in [-0.1, -0.05) is 0 Å². The SMILES string of the molecule is CN1CCN(CC(O)CNC(C)(C)C)CC1. The molecular weight excluding hydrogens is 202 g/mol. The quantitative estimate of drug-likeness (QED) is 0.711. The zero-order valence-electron chi connectivity index (χ0n) is 11.2. The van der Waals surface area contributed by atoms with E-state index in [-0.39, 0.29) is 11.6 Å². The molecule has 1 aliphatic heterocycles. The maximum absolute atomic E-state index is 9.91. The molecule has 0 radical (unpaired) electrons. The molecule has 0 bridgehead atoms. The zero-order valence-corrected chi connectivity index (χ0v) is 11.2. The van der Waals surface area contributed by atoms with Gasteiger partial charge in [-0.3, -0.25) is 4.90 Å². The average molecular weight is 229 g/mol. The summed E-state index contributed by atoms with van der Waals surface area (Å²) in [6.07, 6.45) is -0.261. The summed E-state index contributed by atoms with van der Waals surface area (Å²) in [6, 6.07) is 0. The molecule has 96 valence electrons. The zero-order chi connectivity index (χ0) is 12.2. The second-order valence-electron chi connectivity index (χ2n) is 5.89. The van der Waals surface area contributed by atoms with Gasteiger partial charge in [-0.05, 0) is 27.8 Å². The molecule has 0 spiro atoms. The minimum Gasteiger partial charge on any atom is -0.390 e. The smallest absolute Gasteiger partial charge is 0.0791 e. The first kappa shape index (κ1) is 13.9. The minimum absolute atomic E-state index is 0.0864. The molecule has 1 saturated heterocycles. The van der Waals surface area contributed by atoms with Crippen LogP contribution in [0.5, 0.6) is 0 Å². The van der Waals surface area contributed by atoms with Crippen molar-refractivity contribution in [2.24, 2.45) is 0 Å². The predicted molar refractivity (Wildman–Crippen MR) is 67.7 cm³/mol. The van der Waals surface area contributed by atoms with Crippen LogP contribution in [0.4, 0.5) is 0 Å². The molecule has 4 heteroatoms. The molecule has 1 heterocycles.